The predicted octanol–water partition coefficient (Wildman–Crippen LogP) is 3.38. The Labute approximate surface area is 171 Å². The number of nitrogens with one attached hydrogen (secondary N) is 2. The van der Waals surface area contributed by atoms with Crippen molar-refractivity contribution < 1.29 is 14.3 Å². The van der Waals surface area contributed by atoms with Crippen LogP contribution in [0.25, 0.3) is 0 Å². The first-order chi connectivity index (χ1) is 14.0. The van der Waals surface area contributed by atoms with Crippen LogP contribution in [-0.2, 0) is 4.79 Å². The zero-order chi connectivity index (χ0) is 20.5. The van der Waals surface area contributed by atoms with Gasteiger partial charge in [0.25, 0.3) is 5.91 Å². The largest absolute Gasteiger partial charge is 0.446 e. The summed E-state index contributed by atoms with van der Waals surface area (Å²) in [4.78, 5) is 27.0. The molecule has 2 aliphatic heterocycles. The second-order valence-electron chi connectivity index (χ2n) is 7.91. The van der Waals surface area contributed by atoms with Crippen LogP contribution in [0.2, 0.25) is 0 Å². The summed E-state index contributed by atoms with van der Waals surface area (Å²) in [6.45, 7) is 2.08. The van der Waals surface area contributed by atoms with Crippen LogP contribution in [0.15, 0.2) is 41.4 Å². The fourth-order valence-corrected chi connectivity index (χ4v) is 4.20. The molecule has 0 aromatic heterocycles. The van der Waals surface area contributed by atoms with Gasteiger partial charge in [-0.3, -0.25) is 20.0 Å². The number of hydrazine groups is 1. The maximum Gasteiger partial charge on any atom is 0.307 e. The summed E-state index contributed by atoms with van der Waals surface area (Å²) in [5, 5.41) is 5.39. The fraction of sp³-hybridized carbons (Fsp3) is 0.455. The number of hydrogen-bond acceptors (Lipinski definition) is 5. The van der Waals surface area contributed by atoms with Crippen LogP contribution >= 0.6 is 0 Å². The highest BCUT2D eigenvalue weighted by Gasteiger charge is 2.39. The molecule has 1 aliphatic carbocycles. The zero-order valence-electron chi connectivity index (χ0n) is 17.2. The molecule has 0 unspecified atom stereocenters. The van der Waals surface area contributed by atoms with Gasteiger partial charge in [0.1, 0.15) is 5.70 Å². The van der Waals surface area contributed by atoms with Gasteiger partial charge in [0, 0.05) is 14.1 Å². The molecule has 0 atom stereocenters. The molecule has 3 aliphatic rings. The van der Waals surface area contributed by atoms with E-state index in [9.17, 15) is 9.59 Å². The average molecular weight is 396 g/mol. The van der Waals surface area contributed by atoms with E-state index in [-0.39, 0.29) is 23.6 Å². The van der Waals surface area contributed by atoms with Crippen LogP contribution < -0.4 is 15.5 Å². The summed E-state index contributed by atoms with van der Waals surface area (Å²) in [5.41, 5.74) is 5.75. The minimum Gasteiger partial charge on any atom is -0.446 e. The summed E-state index contributed by atoms with van der Waals surface area (Å²) < 4.78 is 6.05. The van der Waals surface area contributed by atoms with Gasteiger partial charge in [0.2, 0.25) is 5.76 Å². The molecule has 7 nitrogen and oxygen atoms in total. The minimum absolute atomic E-state index is 0.169. The highest BCUT2D eigenvalue weighted by Crippen LogP contribution is 2.41. The summed E-state index contributed by atoms with van der Waals surface area (Å²) >= 11 is 0. The van der Waals surface area contributed by atoms with E-state index in [0.717, 1.165) is 25.0 Å². The van der Waals surface area contributed by atoms with E-state index < -0.39 is 0 Å². The molecular weight excluding hydrogens is 368 g/mol. The maximum atomic E-state index is 13.0. The van der Waals surface area contributed by atoms with Gasteiger partial charge in [0.15, 0.2) is 5.75 Å². The Morgan fingerprint density at radius 3 is 2.72 bits per heavy atom. The van der Waals surface area contributed by atoms with Gasteiger partial charge in [-0.15, -0.1) is 0 Å². The molecular formula is C22H28N4O3. The van der Waals surface area contributed by atoms with Crippen molar-refractivity contribution in [2.75, 3.05) is 19.4 Å². The monoisotopic (exact) mass is 396 g/mol. The number of allylic oxidation sites excluding steroid dienone is 1. The van der Waals surface area contributed by atoms with E-state index >= 15 is 0 Å². The van der Waals surface area contributed by atoms with Gasteiger partial charge >= 0.3 is 5.91 Å². The normalized spacial score (nSPS) is 20.4. The van der Waals surface area contributed by atoms with E-state index in [1.807, 2.05) is 17.1 Å². The molecule has 1 saturated carbocycles. The Hall–Kier alpha value is -2.96. The lowest BCUT2D eigenvalue weighted by atomic mass is 9.94. The molecule has 0 spiro atoms. The predicted molar refractivity (Wildman–Crippen MR) is 111 cm³/mol. The van der Waals surface area contributed by atoms with Crippen LogP contribution in [0, 0.1) is 0 Å². The van der Waals surface area contributed by atoms with Gasteiger partial charge in [-0.05, 0) is 31.4 Å². The standard InChI is InChI=1S/C22H28N4O3/c1-4-9-17-18-20(21(27)24-26(17)14-10-6-5-7-11-14)29-19-15(22(28)25(2)3)12-8-13-16(19)23-18/h8-9,12-14,23H,4-7,10-11H2,1-3H3,(H,24,27)/b17-9-. The number of para-hydroxylation sites is 1. The van der Waals surface area contributed by atoms with Crippen molar-refractivity contribution in [2.24, 2.45) is 0 Å². The Bertz CT molecular complexity index is 897. The molecule has 29 heavy (non-hydrogen) atoms. The number of hydrogen-bond donors (Lipinski definition) is 2. The molecule has 0 saturated heterocycles. The lowest BCUT2D eigenvalue weighted by Crippen LogP contribution is -2.54. The first-order valence-corrected chi connectivity index (χ1v) is 10.4. The Morgan fingerprint density at radius 2 is 2.03 bits per heavy atom. The number of fused-ring (bicyclic) bond motifs is 1. The van der Waals surface area contributed by atoms with Crippen molar-refractivity contribution in [3.05, 3.63) is 47.0 Å². The van der Waals surface area contributed by atoms with E-state index in [2.05, 4.69) is 23.7 Å². The van der Waals surface area contributed by atoms with E-state index in [1.54, 1.807) is 20.2 Å². The molecule has 4 rings (SSSR count). The number of rotatable bonds is 3. The lowest BCUT2D eigenvalue weighted by Gasteiger charge is -2.42. The van der Waals surface area contributed by atoms with Gasteiger partial charge in [-0.1, -0.05) is 38.3 Å². The van der Waals surface area contributed by atoms with E-state index in [1.165, 1.54) is 24.2 Å². The number of benzene rings is 1. The molecule has 1 aromatic rings. The minimum atomic E-state index is -0.288. The van der Waals surface area contributed by atoms with Crippen LogP contribution in [0.3, 0.4) is 0 Å². The lowest BCUT2D eigenvalue weighted by molar-refractivity contribution is -0.125. The third-order valence-corrected chi connectivity index (χ3v) is 5.62. The third-order valence-electron chi connectivity index (χ3n) is 5.62. The van der Waals surface area contributed by atoms with E-state index in [4.69, 9.17) is 4.74 Å². The summed E-state index contributed by atoms with van der Waals surface area (Å²) in [6, 6.07) is 5.69. The summed E-state index contributed by atoms with van der Waals surface area (Å²) in [6.07, 6.45) is 8.65. The van der Waals surface area contributed by atoms with E-state index in [0.29, 0.717) is 22.7 Å². The van der Waals surface area contributed by atoms with Crippen molar-refractivity contribution in [3.8, 4) is 5.75 Å². The van der Waals surface area contributed by atoms with Crippen LogP contribution in [0.5, 0.6) is 5.75 Å². The molecule has 7 heteroatoms. The summed E-state index contributed by atoms with van der Waals surface area (Å²) in [7, 11) is 3.39. The maximum absolute atomic E-state index is 13.0. The van der Waals surface area contributed by atoms with Crippen LogP contribution in [0.1, 0.15) is 55.8 Å². The molecule has 154 valence electrons. The smallest absolute Gasteiger partial charge is 0.307 e. The Morgan fingerprint density at radius 1 is 1.28 bits per heavy atom. The SMILES string of the molecule is CC/C=C1/C2=C(Oc3c(cccc3C(=O)N(C)C)N2)C(=O)NN1C1CCCCC1. The first kappa shape index (κ1) is 19.4. The van der Waals surface area contributed by atoms with Gasteiger partial charge in [0.05, 0.1) is 23.0 Å². The Kier molecular flexibility index (Phi) is 5.22. The van der Waals surface area contributed by atoms with Crippen molar-refractivity contribution >= 4 is 17.5 Å². The number of ether oxygens (including phenoxy) is 1. The number of anilines is 1. The molecule has 1 fully saturated rings. The van der Waals surface area contributed by atoms with Crippen molar-refractivity contribution in [1.82, 2.24) is 15.3 Å². The van der Waals surface area contributed by atoms with Crippen molar-refractivity contribution in [2.45, 2.75) is 51.5 Å². The van der Waals surface area contributed by atoms with Gasteiger partial charge < -0.3 is 15.0 Å². The molecule has 2 heterocycles. The third kappa shape index (κ3) is 3.45. The zero-order valence-corrected chi connectivity index (χ0v) is 17.2. The van der Waals surface area contributed by atoms with Crippen LogP contribution in [0.4, 0.5) is 5.69 Å². The van der Waals surface area contributed by atoms with Crippen molar-refractivity contribution in [3.63, 3.8) is 0 Å². The van der Waals surface area contributed by atoms with Gasteiger partial charge in [-0.2, -0.15) is 0 Å². The summed E-state index contributed by atoms with van der Waals surface area (Å²) in [5.74, 6) is 0.145. The highest BCUT2D eigenvalue weighted by atomic mass is 16.5. The second kappa shape index (κ2) is 7.81. The highest BCUT2D eigenvalue weighted by molar-refractivity contribution is 6.01. The molecule has 2 N–H and O–H groups in total. The number of carbonyl (C=O) groups is 2. The number of amides is 2. The fourth-order valence-electron chi connectivity index (χ4n) is 4.20. The second-order valence-corrected chi connectivity index (χ2v) is 7.91. The number of carbonyl (C=O) groups excluding carboxylic acids is 2. The Balaban J connectivity index is 1.74. The molecule has 1 aromatic carbocycles. The molecule has 0 bridgehead atoms. The van der Waals surface area contributed by atoms with Crippen LogP contribution in [-0.4, -0.2) is 41.9 Å². The van der Waals surface area contributed by atoms with Crippen molar-refractivity contribution in [1.29, 1.82) is 0 Å². The first-order valence-electron chi connectivity index (χ1n) is 10.4. The molecule has 0 radical (unpaired) electrons. The quantitative estimate of drug-likeness (QED) is 0.819. The molecule has 2 amide bonds. The average Bonchev–Trinajstić information content (AvgIpc) is 2.74. The van der Waals surface area contributed by atoms with Gasteiger partial charge in [-0.25, -0.2) is 0 Å². The number of nitrogens with zero attached hydrogens (tertiary/aromatic N) is 2. The topological polar surface area (TPSA) is 73.9 Å².